The zero-order chi connectivity index (χ0) is 14.0. The first-order chi connectivity index (χ1) is 9.02. The van der Waals surface area contributed by atoms with Crippen molar-refractivity contribution in [1.29, 1.82) is 0 Å². The first kappa shape index (κ1) is 13.6. The molecular formula is C17H22N2. The minimum absolute atomic E-state index is 0.592. The van der Waals surface area contributed by atoms with Gasteiger partial charge in [-0.1, -0.05) is 29.8 Å². The summed E-state index contributed by atoms with van der Waals surface area (Å²) < 4.78 is 0. The molecule has 0 saturated carbocycles. The third-order valence-corrected chi connectivity index (χ3v) is 3.57. The summed E-state index contributed by atoms with van der Waals surface area (Å²) >= 11 is 0. The summed E-state index contributed by atoms with van der Waals surface area (Å²) in [5, 5.41) is 0. The highest BCUT2D eigenvalue weighted by atomic mass is 15.1. The van der Waals surface area contributed by atoms with E-state index in [4.69, 9.17) is 5.73 Å². The minimum atomic E-state index is 0.592. The molecule has 0 bridgehead atoms. The maximum absolute atomic E-state index is 5.68. The number of rotatable bonds is 3. The Kier molecular flexibility index (Phi) is 3.91. The highest BCUT2D eigenvalue weighted by Gasteiger charge is 2.09. The van der Waals surface area contributed by atoms with Crippen LogP contribution in [0.2, 0.25) is 0 Å². The molecule has 0 fully saturated rings. The molecule has 0 heterocycles. The average Bonchev–Trinajstić information content (AvgIpc) is 2.37. The van der Waals surface area contributed by atoms with Crippen LogP contribution in [0.3, 0.4) is 0 Å². The molecule has 0 radical (unpaired) electrons. The standard InChI is InChI=1S/C17H22N2/c1-12-5-7-16(13(2)9-12)19(4)17-8-6-15(11-18)10-14(17)3/h5-10H,11,18H2,1-4H3. The van der Waals surface area contributed by atoms with E-state index in [-0.39, 0.29) is 0 Å². The number of nitrogens with zero attached hydrogens (tertiary/aromatic N) is 1. The molecule has 2 rings (SSSR count). The summed E-state index contributed by atoms with van der Waals surface area (Å²) in [4.78, 5) is 2.24. The van der Waals surface area contributed by atoms with Crippen LogP contribution in [-0.2, 0) is 6.54 Å². The van der Waals surface area contributed by atoms with Crippen molar-refractivity contribution in [2.24, 2.45) is 5.73 Å². The van der Waals surface area contributed by atoms with Gasteiger partial charge in [0.05, 0.1) is 0 Å². The second kappa shape index (κ2) is 5.45. The van der Waals surface area contributed by atoms with Gasteiger partial charge in [-0.05, 0) is 49.6 Å². The Morgan fingerprint density at radius 2 is 1.47 bits per heavy atom. The molecule has 0 unspecified atom stereocenters. The first-order valence-electron chi connectivity index (χ1n) is 6.63. The van der Waals surface area contributed by atoms with Gasteiger partial charge >= 0.3 is 0 Å². The smallest absolute Gasteiger partial charge is 0.0438 e. The highest BCUT2D eigenvalue weighted by Crippen LogP contribution is 2.30. The predicted octanol–water partition coefficient (Wildman–Crippen LogP) is 3.84. The molecule has 2 aromatic rings. The molecule has 2 N–H and O–H groups in total. The zero-order valence-corrected chi connectivity index (χ0v) is 12.2. The number of aryl methyl sites for hydroxylation is 3. The quantitative estimate of drug-likeness (QED) is 0.901. The van der Waals surface area contributed by atoms with E-state index in [1.165, 1.54) is 33.6 Å². The molecule has 0 aliphatic carbocycles. The lowest BCUT2D eigenvalue weighted by Crippen LogP contribution is -2.12. The predicted molar refractivity (Wildman–Crippen MR) is 83.0 cm³/mol. The van der Waals surface area contributed by atoms with Gasteiger partial charge in [0.2, 0.25) is 0 Å². The van der Waals surface area contributed by atoms with Crippen LogP contribution in [0.15, 0.2) is 36.4 Å². The second-order valence-corrected chi connectivity index (χ2v) is 5.17. The number of anilines is 2. The van der Waals surface area contributed by atoms with Gasteiger partial charge in [0.25, 0.3) is 0 Å². The molecule has 100 valence electrons. The van der Waals surface area contributed by atoms with Crippen LogP contribution in [0.1, 0.15) is 22.3 Å². The van der Waals surface area contributed by atoms with Gasteiger partial charge in [-0.2, -0.15) is 0 Å². The molecule has 2 aromatic carbocycles. The van der Waals surface area contributed by atoms with Crippen molar-refractivity contribution in [3.05, 3.63) is 58.7 Å². The molecule has 0 atom stereocenters. The topological polar surface area (TPSA) is 29.3 Å². The summed E-state index contributed by atoms with van der Waals surface area (Å²) in [6, 6.07) is 13.0. The largest absolute Gasteiger partial charge is 0.344 e. The van der Waals surface area contributed by atoms with Gasteiger partial charge in [-0.3, -0.25) is 0 Å². The first-order valence-corrected chi connectivity index (χ1v) is 6.63. The third kappa shape index (κ3) is 2.79. The Bertz CT molecular complexity index is 588. The van der Waals surface area contributed by atoms with Gasteiger partial charge in [0.1, 0.15) is 0 Å². The fraction of sp³-hybridized carbons (Fsp3) is 0.294. The highest BCUT2D eigenvalue weighted by molar-refractivity contribution is 5.68. The summed E-state index contributed by atoms with van der Waals surface area (Å²) in [6.07, 6.45) is 0. The SMILES string of the molecule is Cc1ccc(N(C)c2ccc(CN)cc2C)c(C)c1. The molecule has 0 saturated heterocycles. The summed E-state index contributed by atoms with van der Waals surface area (Å²) in [6.45, 7) is 7.00. The molecule has 0 amide bonds. The van der Waals surface area contributed by atoms with Crippen molar-refractivity contribution in [3.8, 4) is 0 Å². The van der Waals surface area contributed by atoms with E-state index in [1.807, 2.05) is 0 Å². The maximum atomic E-state index is 5.68. The Hall–Kier alpha value is -1.80. The van der Waals surface area contributed by atoms with E-state index in [0.29, 0.717) is 6.54 Å². The number of hydrogen-bond donors (Lipinski definition) is 1. The lowest BCUT2D eigenvalue weighted by Gasteiger charge is -2.24. The normalized spacial score (nSPS) is 10.6. The molecule has 2 nitrogen and oxygen atoms in total. The van der Waals surface area contributed by atoms with Crippen LogP contribution in [0.5, 0.6) is 0 Å². The molecule has 0 aromatic heterocycles. The molecule has 0 aliphatic heterocycles. The molecule has 19 heavy (non-hydrogen) atoms. The van der Waals surface area contributed by atoms with Gasteiger partial charge < -0.3 is 10.6 Å². The van der Waals surface area contributed by atoms with Crippen molar-refractivity contribution >= 4 is 11.4 Å². The van der Waals surface area contributed by atoms with Crippen molar-refractivity contribution in [2.75, 3.05) is 11.9 Å². The lowest BCUT2D eigenvalue weighted by molar-refractivity contribution is 1.06. The Morgan fingerprint density at radius 3 is 2.00 bits per heavy atom. The zero-order valence-electron chi connectivity index (χ0n) is 12.2. The number of nitrogens with two attached hydrogens (primary N) is 1. The Labute approximate surface area is 115 Å². The van der Waals surface area contributed by atoms with E-state index in [9.17, 15) is 0 Å². The van der Waals surface area contributed by atoms with Crippen molar-refractivity contribution in [2.45, 2.75) is 27.3 Å². The van der Waals surface area contributed by atoms with Crippen molar-refractivity contribution in [1.82, 2.24) is 0 Å². The van der Waals surface area contributed by atoms with Crippen molar-refractivity contribution < 1.29 is 0 Å². The molecule has 0 aliphatic rings. The fourth-order valence-corrected chi connectivity index (χ4v) is 2.53. The van der Waals surface area contributed by atoms with Crippen LogP contribution < -0.4 is 10.6 Å². The third-order valence-electron chi connectivity index (χ3n) is 3.57. The number of benzene rings is 2. The van der Waals surface area contributed by atoms with E-state index in [1.54, 1.807) is 0 Å². The Balaban J connectivity index is 2.41. The maximum Gasteiger partial charge on any atom is 0.0438 e. The van der Waals surface area contributed by atoms with Crippen LogP contribution >= 0.6 is 0 Å². The number of hydrogen-bond acceptors (Lipinski definition) is 2. The summed E-state index contributed by atoms with van der Waals surface area (Å²) in [5.74, 6) is 0. The minimum Gasteiger partial charge on any atom is -0.344 e. The Morgan fingerprint density at radius 1 is 0.895 bits per heavy atom. The van der Waals surface area contributed by atoms with Crippen LogP contribution in [0.4, 0.5) is 11.4 Å². The van der Waals surface area contributed by atoms with E-state index in [2.05, 4.69) is 69.1 Å². The van der Waals surface area contributed by atoms with Crippen molar-refractivity contribution in [3.63, 3.8) is 0 Å². The summed E-state index contributed by atoms with van der Waals surface area (Å²) in [5.41, 5.74) is 13.2. The van der Waals surface area contributed by atoms with Crippen LogP contribution in [-0.4, -0.2) is 7.05 Å². The van der Waals surface area contributed by atoms with Gasteiger partial charge in [-0.25, -0.2) is 0 Å². The van der Waals surface area contributed by atoms with E-state index in [0.717, 1.165) is 0 Å². The van der Waals surface area contributed by atoms with Crippen LogP contribution in [0.25, 0.3) is 0 Å². The molecular weight excluding hydrogens is 232 g/mol. The van der Waals surface area contributed by atoms with Crippen LogP contribution in [0, 0.1) is 20.8 Å². The van der Waals surface area contributed by atoms with E-state index >= 15 is 0 Å². The fourth-order valence-electron chi connectivity index (χ4n) is 2.53. The average molecular weight is 254 g/mol. The van der Waals surface area contributed by atoms with E-state index < -0.39 is 0 Å². The lowest BCUT2D eigenvalue weighted by atomic mass is 10.1. The monoisotopic (exact) mass is 254 g/mol. The second-order valence-electron chi connectivity index (χ2n) is 5.17. The molecule has 0 spiro atoms. The molecule has 2 heteroatoms. The van der Waals surface area contributed by atoms with Gasteiger partial charge in [0.15, 0.2) is 0 Å². The van der Waals surface area contributed by atoms with Gasteiger partial charge in [-0.15, -0.1) is 0 Å². The van der Waals surface area contributed by atoms with Gasteiger partial charge in [0, 0.05) is 25.0 Å². The summed E-state index contributed by atoms with van der Waals surface area (Å²) in [7, 11) is 2.11.